The van der Waals surface area contributed by atoms with Crippen molar-refractivity contribution in [3.05, 3.63) is 41.4 Å². The van der Waals surface area contributed by atoms with Crippen LogP contribution in [0.4, 0.5) is 0 Å². The van der Waals surface area contributed by atoms with Crippen LogP contribution in [0.15, 0.2) is 28.7 Å². The highest BCUT2D eigenvalue weighted by Crippen LogP contribution is 2.27. The molecule has 1 N–H and O–H groups in total. The molecular weight excluding hydrogens is 206 g/mol. The molecule has 0 aliphatic carbocycles. The summed E-state index contributed by atoms with van der Waals surface area (Å²) in [4.78, 5) is 14.9. The van der Waals surface area contributed by atoms with Gasteiger partial charge in [0.1, 0.15) is 0 Å². The van der Waals surface area contributed by atoms with Gasteiger partial charge in [-0.25, -0.2) is 9.78 Å². The molecule has 0 aliphatic heterocycles. The van der Waals surface area contributed by atoms with Gasteiger partial charge in [0.15, 0.2) is 17.3 Å². The fourth-order valence-corrected chi connectivity index (χ4v) is 1.58. The number of oxazole rings is 1. The smallest absolute Gasteiger partial charge is 0.358 e. The molecular formula is C12H11NO3. The molecule has 82 valence electrons. The highest BCUT2D eigenvalue weighted by molar-refractivity contribution is 5.92. The van der Waals surface area contributed by atoms with E-state index in [9.17, 15) is 4.79 Å². The summed E-state index contributed by atoms with van der Waals surface area (Å²) in [5.41, 5.74) is 1.69. The first-order chi connectivity index (χ1) is 7.59. The van der Waals surface area contributed by atoms with Crippen LogP contribution in [0.3, 0.4) is 0 Å². The molecule has 0 radical (unpaired) electrons. The molecule has 0 bridgehead atoms. The molecule has 4 nitrogen and oxygen atoms in total. The number of aryl methyl sites for hydroxylation is 2. The van der Waals surface area contributed by atoms with Gasteiger partial charge in [-0.2, -0.15) is 0 Å². The Bertz CT molecular complexity index is 543. The van der Waals surface area contributed by atoms with Crippen molar-refractivity contribution < 1.29 is 14.3 Å². The minimum atomic E-state index is -1.07. The molecule has 0 fully saturated rings. The van der Waals surface area contributed by atoms with Crippen LogP contribution in [-0.2, 0) is 0 Å². The maximum Gasteiger partial charge on any atom is 0.358 e. The van der Waals surface area contributed by atoms with Crippen LogP contribution >= 0.6 is 0 Å². The molecule has 0 amide bonds. The van der Waals surface area contributed by atoms with E-state index >= 15 is 0 Å². The van der Waals surface area contributed by atoms with Gasteiger partial charge in [0, 0.05) is 12.5 Å². The molecule has 1 aromatic carbocycles. The van der Waals surface area contributed by atoms with Crippen LogP contribution in [0.1, 0.15) is 21.9 Å². The van der Waals surface area contributed by atoms with Crippen molar-refractivity contribution in [2.75, 3.05) is 0 Å². The Morgan fingerprint density at radius 2 is 2.00 bits per heavy atom. The normalized spacial score (nSPS) is 10.4. The summed E-state index contributed by atoms with van der Waals surface area (Å²) in [6.07, 6.45) is 0. The number of aromatic nitrogens is 1. The van der Waals surface area contributed by atoms with E-state index < -0.39 is 5.97 Å². The molecule has 1 aromatic heterocycles. The minimum absolute atomic E-state index is 0.0354. The topological polar surface area (TPSA) is 63.3 Å². The summed E-state index contributed by atoms with van der Waals surface area (Å²) in [5, 5.41) is 9.01. The van der Waals surface area contributed by atoms with E-state index in [-0.39, 0.29) is 5.69 Å². The zero-order valence-electron chi connectivity index (χ0n) is 9.02. The zero-order valence-corrected chi connectivity index (χ0v) is 9.02. The van der Waals surface area contributed by atoms with Crippen LogP contribution in [0.2, 0.25) is 0 Å². The number of benzene rings is 1. The highest BCUT2D eigenvalue weighted by Gasteiger charge is 2.20. The molecule has 2 rings (SSSR count). The van der Waals surface area contributed by atoms with E-state index in [1.807, 2.05) is 31.2 Å². The van der Waals surface area contributed by atoms with Crippen molar-refractivity contribution in [3.63, 3.8) is 0 Å². The summed E-state index contributed by atoms with van der Waals surface area (Å²) in [7, 11) is 0. The van der Waals surface area contributed by atoms with Crippen molar-refractivity contribution in [1.82, 2.24) is 4.98 Å². The number of aromatic carboxylic acids is 1. The fraction of sp³-hybridized carbons (Fsp3) is 0.167. The molecule has 4 heteroatoms. The predicted molar refractivity (Wildman–Crippen MR) is 58.4 cm³/mol. The number of carboxylic acids is 1. The maximum atomic E-state index is 11.0. The van der Waals surface area contributed by atoms with Gasteiger partial charge in [0.05, 0.1) is 0 Å². The molecule has 0 unspecified atom stereocenters. The molecule has 0 saturated heterocycles. The molecule has 0 atom stereocenters. The Morgan fingerprint density at radius 3 is 2.62 bits per heavy atom. The van der Waals surface area contributed by atoms with E-state index in [0.717, 1.165) is 11.1 Å². The van der Waals surface area contributed by atoms with Crippen LogP contribution < -0.4 is 0 Å². The number of nitrogens with zero attached hydrogens (tertiary/aromatic N) is 1. The average Bonchev–Trinajstić information content (AvgIpc) is 2.61. The van der Waals surface area contributed by atoms with Gasteiger partial charge in [-0.15, -0.1) is 0 Å². The van der Waals surface area contributed by atoms with Crippen molar-refractivity contribution in [2.45, 2.75) is 13.8 Å². The molecule has 1 heterocycles. The third-order valence-corrected chi connectivity index (χ3v) is 2.33. The van der Waals surface area contributed by atoms with Crippen molar-refractivity contribution in [3.8, 4) is 11.3 Å². The van der Waals surface area contributed by atoms with Gasteiger partial charge < -0.3 is 9.52 Å². The second-order valence-corrected chi connectivity index (χ2v) is 3.53. The lowest BCUT2D eigenvalue weighted by atomic mass is 10.1. The van der Waals surface area contributed by atoms with Gasteiger partial charge >= 0.3 is 5.97 Å². The number of carbonyl (C=O) groups is 1. The zero-order chi connectivity index (χ0) is 11.7. The van der Waals surface area contributed by atoms with Crippen LogP contribution in [0.25, 0.3) is 11.3 Å². The lowest BCUT2D eigenvalue weighted by molar-refractivity contribution is 0.0691. The molecule has 0 saturated carbocycles. The maximum absolute atomic E-state index is 11.0. The summed E-state index contributed by atoms with van der Waals surface area (Å²) in [6.45, 7) is 3.53. The number of hydrogen-bond acceptors (Lipinski definition) is 3. The Morgan fingerprint density at radius 1 is 1.31 bits per heavy atom. The Hall–Kier alpha value is -2.10. The summed E-state index contributed by atoms with van der Waals surface area (Å²) >= 11 is 0. The van der Waals surface area contributed by atoms with Crippen molar-refractivity contribution in [1.29, 1.82) is 0 Å². The van der Waals surface area contributed by atoms with Crippen molar-refractivity contribution in [2.24, 2.45) is 0 Å². The minimum Gasteiger partial charge on any atom is -0.476 e. The van der Waals surface area contributed by atoms with Crippen LogP contribution in [0.5, 0.6) is 0 Å². The first kappa shape index (κ1) is 10.4. The van der Waals surface area contributed by atoms with Crippen LogP contribution in [-0.4, -0.2) is 16.1 Å². The molecule has 2 aromatic rings. The molecule has 0 aliphatic rings. The molecule has 0 spiro atoms. The number of rotatable bonds is 2. The number of hydrogen-bond donors (Lipinski definition) is 1. The first-order valence-corrected chi connectivity index (χ1v) is 4.86. The largest absolute Gasteiger partial charge is 0.476 e. The monoisotopic (exact) mass is 217 g/mol. The second-order valence-electron chi connectivity index (χ2n) is 3.53. The highest BCUT2D eigenvalue weighted by atomic mass is 16.4. The van der Waals surface area contributed by atoms with Gasteiger partial charge in [0.25, 0.3) is 0 Å². The third kappa shape index (κ3) is 1.69. The van der Waals surface area contributed by atoms with Gasteiger partial charge in [-0.1, -0.05) is 24.3 Å². The van der Waals surface area contributed by atoms with Crippen molar-refractivity contribution >= 4 is 5.97 Å². The summed E-state index contributed by atoms with van der Waals surface area (Å²) in [5.74, 6) is -0.395. The van der Waals surface area contributed by atoms with Gasteiger partial charge in [-0.3, -0.25) is 0 Å². The van der Waals surface area contributed by atoms with E-state index in [2.05, 4.69) is 4.98 Å². The summed E-state index contributed by atoms with van der Waals surface area (Å²) in [6, 6.07) is 7.45. The SMILES string of the molecule is Cc1nc(C(=O)O)c(-c2ccccc2C)o1. The van der Waals surface area contributed by atoms with E-state index in [1.54, 1.807) is 6.92 Å². The van der Waals surface area contributed by atoms with E-state index in [1.165, 1.54) is 0 Å². The fourth-order valence-electron chi connectivity index (χ4n) is 1.58. The van der Waals surface area contributed by atoms with E-state index in [4.69, 9.17) is 9.52 Å². The Kier molecular flexibility index (Phi) is 2.48. The Labute approximate surface area is 92.6 Å². The van der Waals surface area contributed by atoms with Crippen LogP contribution in [0, 0.1) is 13.8 Å². The Balaban J connectivity index is 2.64. The van der Waals surface area contributed by atoms with Gasteiger partial charge in [0.2, 0.25) is 0 Å². The first-order valence-electron chi connectivity index (χ1n) is 4.86. The average molecular weight is 217 g/mol. The summed E-state index contributed by atoms with van der Waals surface area (Å²) < 4.78 is 5.35. The van der Waals surface area contributed by atoms with Gasteiger partial charge in [-0.05, 0) is 12.5 Å². The lowest BCUT2D eigenvalue weighted by Crippen LogP contribution is -1.99. The lowest BCUT2D eigenvalue weighted by Gasteiger charge is -2.01. The molecule has 16 heavy (non-hydrogen) atoms. The quantitative estimate of drug-likeness (QED) is 0.839. The standard InChI is InChI=1S/C12H11NO3/c1-7-5-3-4-6-9(7)11-10(12(14)15)13-8(2)16-11/h3-6H,1-2H3,(H,14,15). The third-order valence-electron chi connectivity index (χ3n) is 2.33. The predicted octanol–water partition coefficient (Wildman–Crippen LogP) is 2.66. The van der Waals surface area contributed by atoms with E-state index in [0.29, 0.717) is 11.7 Å². The number of carboxylic acid groups (broad SMARTS) is 1. The second kappa shape index (κ2) is 3.81.